The van der Waals surface area contributed by atoms with Gasteiger partial charge >= 0.3 is 5.97 Å². The number of fused-ring (bicyclic) bond motifs is 1. The third-order valence-electron chi connectivity index (χ3n) is 2.38. The summed E-state index contributed by atoms with van der Waals surface area (Å²) >= 11 is 0. The number of nitrogens with zero attached hydrogens (tertiary/aromatic N) is 1. The zero-order valence-electron chi connectivity index (χ0n) is 9.09. The zero-order chi connectivity index (χ0) is 12.3. The van der Waals surface area contributed by atoms with Crippen LogP contribution in [0.5, 0.6) is 5.75 Å². The number of hydrogen-bond acceptors (Lipinski definition) is 4. The van der Waals surface area contributed by atoms with Crippen LogP contribution in [-0.2, 0) is 16.1 Å². The van der Waals surface area contributed by atoms with Crippen molar-refractivity contribution in [1.29, 1.82) is 0 Å². The number of esters is 1. The van der Waals surface area contributed by atoms with Gasteiger partial charge in [0.2, 0.25) is 0 Å². The molecule has 0 radical (unpaired) electrons. The molecule has 0 aliphatic heterocycles. The van der Waals surface area contributed by atoms with Crippen molar-refractivity contribution in [3.63, 3.8) is 0 Å². The molecule has 0 spiro atoms. The van der Waals surface area contributed by atoms with Crippen LogP contribution < -0.4 is 0 Å². The first-order valence-electron chi connectivity index (χ1n) is 5.07. The number of carbonyl (C=O) groups is 1. The first kappa shape index (κ1) is 11.1. The van der Waals surface area contributed by atoms with Gasteiger partial charge in [0.25, 0.3) is 0 Å². The van der Waals surface area contributed by atoms with E-state index in [0.29, 0.717) is 5.52 Å². The fraction of sp³-hybridized carbons (Fsp3) is 0.0769. The summed E-state index contributed by atoms with van der Waals surface area (Å²) in [6.45, 7) is 3.45. The molecule has 1 aromatic carbocycles. The lowest BCUT2D eigenvalue weighted by Gasteiger charge is -2.07. The average Bonchev–Trinajstić information content (AvgIpc) is 2.38. The Morgan fingerprint density at radius 3 is 3.06 bits per heavy atom. The maximum Gasteiger partial charge on any atom is 0.330 e. The molecule has 1 heterocycles. The maximum atomic E-state index is 11.0. The van der Waals surface area contributed by atoms with Crippen LogP contribution in [0.4, 0.5) is 0 Å². The highest BCUT2D eigenvalue weighted by atomic mass is 16.5. The third-order valence-corrected chi connectivity index (χ3v) is 2.38. The Kier molecular flexibility index (Phi) is 3.05. The molecule has 1 aromatic heterocycles. The predicted molar refractivity (Wildman–Crippen MR) is 63.4 cm³/mol. The minimum atomic E-state index is -0.477. The van der Waals surface area contributed by atoms with Gasteiger partial charge in [0.15, 0.2) is 0 Å². The second-order valence-electron chi connectivity index (χ2n) is 3.46. The molecule has 1 N–H and O–H groups in total. The molecular weight excluding hydrogens is 218 g/mol. The number of phenolic OH excluding ortho intramolecular Hbond substituents is 1. The Hall–Kier alpha value is -2.36. The Morgan fingerprint density at radius 2 is 2.29 bits per heavy atom. The lowest BCUT2D eigenvalue weighted by Crippen LogP contribution is -2.00. The first-order chi connectivity index (χ1) is 8.22. The summed E-state index contributed by atoms with van der Waals surface area (Å²) in [6.07, 6.45) is 2.71. The average molecular weight is 229 g/mol. The van der Waals surface area contributed by atoms with Crippen molar-refractivity contribution in [2.75, 3.05) is 0 Å². The molecule has 0 fully saturated rings. The predicted octanol–water partition coefficient (Wildman–Crippen LogP) is 2.17. The van der Waals surface area contributed by atoms with Crippen LogP contribution in [0.25, 0.3) is 10.9 Å². The summed E-state index contributed by atoms with van der Waals surface area (Å²) in [6, 6.07) is 6.82. The molecule has 17 heavy (non-hydrogen) atoms. The van der Waals surface area contributed by atoms with Crippen molar-refractivity contribution in [2.24, 2.45) is 0 Å². The van der Waals surface area contributed by atoms with Gasteiger partial charge in [-0.2, -0.15) is 0 Å². The van der Waals surface area contributed by atoms with E-state index in [1.54, 1.807) is 18.3 Å². The molecule has 2 aromatic rings. The van der Waals surface area contributed by atoms with Crippen LogP contribution in [0.1, 0.15) is 5.56 Å². The molecule has 0 bridgehead atoms. The van der Waals surface area contributed by atoms with Crippen LogP contribution in [0.2, 0.25) is 0 Å². The largest absolute Gasteiger partial charge is 0.506 e. The standard InChI is InChI=1S/C13H11NO3/c1-2-12(16)17-8-9-5-6-11(15)13-10(9)4-3-7-14-13/h2-7,15H,1,8H2. The quantitative estimate of drug-likeness (QED) is 0.647. The van der Waals surface area contributed by atoms with Gasteiger partial charge in [0.1, 0.15) is 17.9 Å². The number of benzene rings is 1. The van der Waals surface area contributed by atoms with E-state index < -0.39 is 5.97 Å². The molecule has 0 aliphatic rings. The fourth-order valence-electron chi connectivity index (χ4n) is 1.55. The van der Waals surface area contributed by atoms with Gasteiger partial charge in [-0.15, -0.1) is 0 Å². The number of pyridine rings is 1. The fourth-order valence-corrected chi connectivity index (χ4v) is 1.55. The summed E-state index contributed by atoms with van der Waals surface area (Å²) in [5.41, 5.74) is 1.29. The minimum absolute atomic E-state index is 0.111. The van der Waals surface area contributed by atoms with Crippen molar-refractivity contribution in [3.05, 3.63) is 48.7 Å². The molecule has 0 unspecified atom stereocenters. The number of hydrogen-bond donors (Lipinski definition) is 1. The van der Waals surface area contributed by atoms with E-state index in [0.717, 1.165) is 17.0 Å². The van der Waals surface area contributed by atoms with Crippen LogP contribution in [0.15, 0.2) is 43.1 Å². The third kappa shape index (κ3) is 2.25. The molecule has 0 amide bonds. The van der Waals surface area contributed by atoms with E-state index in [2.05, 4.69) is 11.6 Å². The van der Waals surface area contributed by atoms with Crippen LogP contribution >= 0.6 is 0 Å². The Bertz CT molecular complexity index is 578. The lowest BCUT2D eigenvalue weighted by molar-refractivity contribution is -0.138. The smallest absolute Gasteiger partial charge is 0.330 e. The van der Waals surface area contributed by atoms with E-state index in [9.17, 15) is 9.90 Å². The van der Waals surface area contributed by atoms with E-state index in [-0.39, 0.29) is 12.4 Å². The number of carbonyl (C=O) groups excluding carboxylic acids is 1. The number of aromatic hydroxyl groups is 1. The first-order valence-corrected chi connectivity index (χ1v) is 5.07. The molecule has 2 rings (SSSR count). The number of aromatic nitrogens is 1. The SMILES string of the molecule is C=CC(=O)OCc1ccc(O)c2ncccc12. The molecule has 0 saturated heterocycles. The highest BCUT2D eigenvalue weighted by Gasteiger charge is 2.07. The summed E-state index contributed by atoms with van der Waals surface area (Å²) in [5, 5.41) is 10.4. The number of phenols is 1. The van der Waals surface area contributed by atoms with Gasteiger partial charge in [-0.05, 0) is 17.7 Å². The van der Waals surface area contributed by atoms with Gasteiger partial charge in [-0.25, -0.2) is 4.79 Å². The Balaban J connectivity index is 2.38. The normalized spacial score (nSPS) is 10.1. The lowest BCUT2D eigenvalue weighted by atomic mass is 10.1. The number of rotatable bonds is 3. The van der Waals surface area contributed by atoms with Crippen LogP contribution in [0, 0.1) is 0 Å². The molecule has 0 atom stereocenters. The van der Waals surface area contributed by atoms with Gasteiger partial charge in [-0.3, -0.25) is 4.98 Å². The number of ether oxygens (including phenoxy) is 1. The van der Waals surface area contributed by atoms with Crippen LogP contribution in [0.3, 0.4) is 0 Å². The molecule has 86 valence electrons. The molecule has 0 saturated carbocycles. The summed E-state index contributed by atoms with van der Waals surface area (Å²) in [5.74, 6) is -0.366. The van der Waals surface area contributed by atoms with Crippen molar-refractivity contribution in [2.45, 2.75) is 6.61 Å². The highest BCUT2D eigenvalue weighted by molar-refractivity contribution is 5.87. The van der Waals surface area contributed by atoms with Crippen molar-refractivity contribution in [1.82, 2.24) is 4.98 Å². The topological polar surface area (TPSA) is 59.4 Å². The maximum absolute atomic E-state index is 11.0. The monoisotopic (exact) mass is 229 g/mol. The minimum Gasteiger partial charge on any atom is -0.506 e. The van der Waals surface area contributed by atoms with Gasteiger partial charge in [0.05, 0.1) is 0 Å². The van der Waals surface area contributed by atoms with Crippen molar-refractivity contribution >= 4 is 16.9 Å². The van der Waals surface area contributed by atoms with E-state index >= 15 is 0 Å². The second-order valence-corrected chi connectivity index (χ2v) is 3.46. The van der Waals surface area contributed by atoms with Crippen LogP contribution in [-0.4, -0.2) is 16.1 Å². The van der Waals surface area contributed by atoms with Crippen molar-refractivity contribution in [3.8, 4) is 5.75 Å². The Labute approximate surface area is 98.2 Å². The van der Waals surface area contributed by atoms with E-state index in [1.807, 2.05) is 6.07 Å². The molecule has 4 nitrogen and oxygen atoms in total. The summed E-state index contributed by atoms with van der Waals surface area (Å²) < 4.78 is 4.96. The van der Waals surface area contributed by atoms with Gasteiger partial charge < -0.3 is 9.84 Å². The summed E-state index contributed by atoms with van der Waals surface area (Å²) in [7, 11) is 0. The highest BCUT2D eigenvalue weighted by Crippen LogP contribution is 2.25. The summed E-state index contributed by atoms with van der Waals surface area (Å²) in [4.78, 5) is 15.1. The zero-order valence-corrected chi connectivity index (χ0v) is 9.09. The Morgan fingerprint density at radius 1 is 1.47 bits per heavy atom. The van der Waals surface area contributed by atoms with Gasteiger partial charge in [-0.1, -0.05) is 18.7 Å². The van der Waals surface area contributed by atoms with Gasteiger partial charge in [0, 0.05) is 17.7 Å². The second kappa shape index (κ2) is 4.65. The van der Waals surface area contributed by atoms with Crippen molar-refractivity contribution < 1.29 is 14.6 Å². The van der Waals surface area contributed by atoms with E-state index in [4.69, 9.17) is 4.74 Å². The van der Waals surface area contributed by atoms with E-state index in [1.165, 1.54) is 6.07 Å². The molecule has 0 aliphatic carbocycles. The molecular formula is C13H11NO3. The molecule has 4 heteroatoms.